The molecule has 2 aromatic rings. The van der Waals surface area contributed by atoms with Gasteiger partial charge in [0.25, 0.3) is 0 Å². The van der Waals surface area contributed by atoms with E-state index < -0.39 is 6.10 Å². The van der Waals surface area contributed by atoms with Crippen molar-refractivity contribution in [2.45, 2.75) is 18.9 Å². The van der Waals surface area contributed by atoms with Crippen molar-refractivity contribution < 1.29 is 9.50 Å². The van der Waals surface area contributed by atoms with Gasteiger partial charge in [-0.1, -0.05) is 42.5 Å². The average molecular weight is 230 g/mol. The van der Waals surface area contributed by atoms with Crippen molar-refractivity contribution in [3.63, 3.8) is 0 Å². The molecule has 0 aromatic heterocycles. The van der Waals surface area contributed by atoms with E-state index in [-0.39, 0.29) is 5.82 Å². The molecule has 88 valence electrons. The van der Waals surface area contributed by atoms with Crippen LogP contribution < -0.4 is 0 Å². The fourth-order valence-corrected chi connectivity index (χ4v) is 1.80. The minimum atomic E-state index is -0.457. The number of aliphatic hydroxyl groups excluding tert-OH is 1. The number of halogens is 1. The molecule has 0 spiro atoms. The molecule has 2 rings (SSSR count). The van der Waals surface area contributed by atoms with Crippen LogP contribution in [-0.2, 0) is 6.42 Å². The molecule has 0 heterocycles. The van der Waals surface area contributed by atoms with Gasteiger partial charge < -0.3 is 5.11 Å². The molecule has 1 unspecified atom stereocenters. The second kappa shape index (κ2) is 5.60. The van der Waals surface area contributed by atoms with Crippen molar-refractivity contribution in [2.24, 2.45) is 0 Å². The predicted molar refractivity (Wildman–Crippen MR) is 66.1 cm³/mol. The predicted octanol–water partition coefficient (Wildman–Crippen LogP) is 3.49. The van der Waals surface area contributed by atoms with E-state index in [9.17, 15) is 9.50 Å². The van der Waals surface area contributed by atoms with Crippen molar-refractivity contribution in [1.29, 1.82) is 0 Å². The van der Waals surface area contributed by atoms with Crippen molar-refractivity contribution in [3.05, 3.63) is 71.5 Å². The van der Waals surface area contributed by atoms with E-state index in [1.54, 1.807) is 12.1 Å². The molecule has 2 aromatic carbocycles. The zero-order chi connectivity index (χ0) is 12.1. The molecule has 0 saturated heterocycles. The Kier molecular flexibility index (Phi) is 3.89. The standard InChI is InChI=1S/C15H15FO/c16-14-9-6-12(7-10-14)8-11-15(17)13-4-2-1-3-5-13/h1-7,9-10,15,17H,8,11H2. The zero-order valence-corrected chi connectivity index (χ0v) is 9.51. The summed E-state index contributed by atoms with van der Waals surface area (Å²) < 4.78 is 12.7. The fraction of sp³-hybridized carbons (Fsp3) is 0.200. The number of hydrogen-bond donors (Lipinski definition) is 1. The Hall–Kier alpha value is -1.67. The first-order valence-electron chi connectivity index (χ1n) is 5.73. The lowest BCUT2D eigenvalue weighted by atomic mass is 10.0. The van der Waals surface area contributed by atoms with Crippen LogP contribution >= 0.6 is 0 Å². The average Bonchev–Trinajstić information content (AvgIpc) is 2.39. The third kappa shape index (κ3) is 3.40. The van der Waals surface area contributed by atoms with Gasteiger partial charge in [0.1, 0.15) is 5.82 Å². The van der Waals surface area contributed by atoms with E-state index in [1.807, 2.05) is 30.3 Å². The van der Waals surface area contributed by atoms with Crippen molar-refractivity contribution in [2.75, 3.05) is 0 Å². The Bertz CT molecular complexity index is 450. The summed E-state index contributed by atoms with van der Waals surface area (Å²) in [5, 5.41) is 9.96. The summed E-state index contributed by atoms with van der Waals surface area (Å²) in [4.78, 5) is 0. The smallest absolute Gasteiger partial charge is 0.123 e. The molecule has 0 radical (unpaired) electrons. The molecule has 17 heavy (non-hydrogen) atoms. The van der Waals surface area contributed by atoms with E-state index >= 15 is 0 Å². The largest absolute Gasteiger partial charge is 0.388 e. The quantitative estimate of drug-likeness (QED) is 0.852. The van der Waals surface area contributed by atoms with Crippen LogP contribution in [-0.4, -0.2) is 5.11 Å². The summed E-state index contributed by atoms with van der Waals surface area (Å²) in [6.45, 7) is 0. The maximum atomic E-state index is 12.7. The maximum Gasteiger partial charge on any atom is 0.123 e. The Balaban J connectivity index is 1.92. The first-order valence-corrected chi connectivity index (χ1v) is 5.73. The van der Waals surface area contributed by atoms with Crippen LogP contribution in [0.3, 0.4) is 0 Å². The minimum absolute atomic E-state index is 0.225. The second-order valence-corrected chi connectivity index (χ2v) is 4.09. The fourth-order valence-electron chi connectivity index (χ4n) is 1.80. The molecule has 0 bridgehead atoms. The SMILES string of the molecule is OC(CCc1ccc(F)cc1)c1ccccc1. The number of benzene rings is 2. The maximum absolute atomic E-state index is 12.7. The zero-order valence-electron chi connectivity index (χ0n) is 9.51. The van der Waals surface area contributed by atoms with Gasteiger partial charge in [-0.25, -0.2) is 4.39 Å². The van der Waals surface area contributed by atoms with Crippen LogP contribution in [0.4, 0.5) is 4.39 Å². The van der Waals surface area contributed by atoms with E-state index in [0.717, 1.165) is 17.5 Å². The topological polar surface area (TPSA) is 20.2 Å². The van der Waals surface area contributed by atoms with Crippen molar-refractivity contribution in [1.82, 2.24) is 0 Å². The van der Waals surface area contributed by atoms with E-state index in [4.69, 9.17) is 0 Å². The molecule has 0 aliphatic heterocycles. The molecule has 0 fully saturated rings. The third-order valence-electron chi connectivity index (χ3n) is 2.80. The number of hydrogen-bond acceptors (Lipinski definition) is 1. The van der Waals surface area contributed by atoms with Gasteiger partial charge in [-0.05, 0) is 36.1 Å². The van der Waals surface area contributed by atoms with Crippen LogP contribution in [0.1, 0.15) is 23.7 Å². The highest BCUT2D eigenvalue weighted by Gasteiger charge is 2.06. The highest BCUT2D eigenvalue weighted by atomic mass is 19.1. The molecular weight excluding hydrogens is 215 g/mol. The van der Waals surface area contributed by atoms with Crippen molar-refractivity contribution >= 4 is 0 Å². The first kappa shape index (κ1) is 11.8. The number of aliphatic hydroxyl groups is 1. The lowest BCUT2D eigenvalue weighted by molar-refractivity contribution is 0.168. The normalized spacial score (nSPS) is 12.4. The number of aryl methyl sites for hydroxylation is 1. The summed E-state index contributed by atoms with van der Waals surface area (Å²) in [5.74, 6) is -0.225. The number of rotatable bonds is 4. The van der Waals surface area contributed by atoms with Gasteiger partial charge in [0.15, 0.2) is 0 Å². The molecule has 0 saturated carbocycles. The van der Waals surface area contributed by atoms with Crippen LogP contribution in [0.2, 0.25) is 0 Å². The Labute approximate surface area is 101 Å². The summed E-state index contributed by atoms with van der Waals surface area (Å²) in [5.41, 5.74) is 1.97. The molecule has 2 heteroatoms. The summed E-state index contributed by atoms with van der Waals surface area (Å²) in [7, 11) is 0. The highest BCUT2D eigenvalue weighted by Crippen LogP contribution is 2.18. The minimum Gasteiger partial charge on any atom is -0.388 e. The lowest BCUT2D eigenvalue weighted by Crippen LogP contribution is -1.99. The van der Waals surface area contributed by atoms with Crippen LogP contribution in [0.25, 0.3) is 0 Å². The highest BCUT2D eigenvalue weighted by molar-refractivity contribution is 5.19. The van der Waals surface area contributed by atoms with Gasteiger partial charge in [0, 0.05) is 0 Å². The van der Waals surface area contributed by atoms with Crippen LogP contribution in [0, 0.1) is 5.82 Å². The molecule has 0 aliphatic carbocycles. The Morgan fingerprint density at radius 1 is 0.941 bits per heavy atom. The van der Waals surface area contributed by atoms with Gasteiger partial charge >= 0.3 is 0 Å². The van der Waals surface area contributed by atoms with Crippen molar-refractivity contribution in [3.8, 4) is 0 Å². The summed E-state index contributed by atoms with van der Waals surface area (Å²) in [6.07, 6.45) is 0.938. The second-order valence-electron chi connectivity index (χ2n) is 4.09. The van der Waals surface area contributed by atoms with Gasteiger partial charge in [-0.2, -0.15) is 0 Å². The van der Waals surface area contributed by atoms with Gasteiger partial charge in [-0.15, -0.1) is 0 Å². The van der Waals surface area contributed by atoms with Crippen LogP contribution in [0.15, 0.2) is 54.6 Å². The van der Waals surface area contributed by atoms with Gasteiger partial charge in [-0.3, -0.25) is 0 Å². The summed E-state index contributed by atoms with van der Waals surface area (Å²) >= 11 is 0. The molecule has 1 nitrogen and oxygen atoms in total. The van der Waals surface area contributed by atoms with E-state index in [1.165, 1.54) is 12.1 Å². The molecule has 0 amide bonds. The van der Waals surface area contributed by atoms with E-state index in [0.29, 0.717) is 6.42 Å². The first-order chi connectivity index (χ1) is 8.25. The molecule has 1 N–H and O–H groups in total. The Morgan fingerprint density at radius 2 is 1.59 bits per heavy atom. The van der Waals surface area contributed by atoms with E-state index in [2.05, 4.69) is 0 Å². The monoisotopic (exact) mass is 230 g/mol. The lowest BCUT2D eigenvalue weighted by Gasteiger charge is -2.10. The van der Waals surface area contributed by atoms with Gasteiger partial charge in [0.2, 0.25) is 0 Å². The Morgan fingerprint density at radius 3 is 2.24 bits per heavy atom. The molecule has 1 atom stereocenters. The summed E-state index contributed by atoms with van der Waals surface area (Å²) in [6, 6.07) is 16.0. The van der Waals surface area contributed by atoms with Crippen LogP contribution in [0.5, 0.6) is 0 Å². The molecule has 0 aliphatic rings. The molecular formula is C15H15FO. The third-order valence-corrected chi connectivity index (χ3v) is 2.80. The van der Waals surface area contributed by atoms with Gasteiger partial charge in [0.05, 0.1) is 6.10 Å².